The van der Waals surface area contributed by atoms with E-state index in [1.807, 2.05) is 12.1 Å². The summed E-state index contributed by atoms with van der Waals surface area (Å²) in [7, 11) is 0. The van der Waals surface area contributed by atoms with Crippen LogP contribution in [0, 0.1) is 17.0 Å². The summed E-state index contributed by atoms with van der Waals surface area (Å²) in [6, 6.07) is 16.7. The van der Waals surface area contributed by atoms with Gasteiger partial charge in [0.05, 0.1) is 24.3 Å². The van der Waals surface area contributed by atoms with Crippen molar-refractivity contribution in [2.24, 2.45) is 0 Å². The van der Waals surface area contributed by atoms with Gasteiger partial charge >= 0.3 is 0 Å². The molecular weight excluding hydrogens is 382 g/mol. The van der Waals surface area contributed by atoms with Gasteiger partial charge in [0, 0.05) is 29.2 Å². The van der Waals surface area contributed by atoms with Crippen LogP contribution < -0.4 is 10.2 Å². The Hall–Kier alpha value is -3.45. The molecule has 1 aliphatic heterocycles. The van der Waals surface area contributed by atoms with Crippen LogP contribution >= 0.6 is 0 Å². The zero-order valence-electron chi connectivity index (χ0n) is 16.8. The quantitative estimate of drug-likeness (QED) is 0.486. The first-order chi connectivity index (χ1) is 14.5. The molecular formula is C23H24N3O4+. The van der Waals surface area contributed by atoms with Crippen molar-refractivity contribution in [3.8, 4) is 0 Å². The lowest BCUT2D eigenvalue weighted by Crippen LogP contribution is -3.12. The third-order valence-electron chi connectivity index (χ3n) is 5.77. The molecule has 1 unspecified atom stereocenters. The van der Waals surface area contributed by atoms with Gasteiger partial charge in [0.25, 0.3) is 11.6 Å². The molecule has 7 heteroatoms. The van der Waals surface area contributed by atoms with Crippen LogP contribution in [0.4, 0.5) is 5.69 Å². The van der Waals surface area contributed by atoms with Gasteiger partial charge in [0.15, 0.2) is 11.8 Å². The fourth-order valence-electron chi connectivity index (χ4n) is 4.08. The molecule has 0 saturated carbocycles. The van der Waals surface area contributed by atoms with Gasteiger partial charge < -0.3 is 14.6 Å². The van der Waals surface area contributed by atoms with Gasteiger partial charge in [0.2, 0.25) is 0 Å². The van der Waals surface area contributed by atoms with Crippen LogP contribution in [-0.2, 0) is 13.0 Å². The van der Waals surface area contributed by atoms with Crippen LogP contribution in [0.3, 0.4) is 0 Å². The Bertz CT molecular complexity index is 1060. The fraction of sp³-hybridized carbons (Fsp3) is 0.261. The number of hydrogen-bond donors (Lipinski definition) is 2. The standard InChI is InChI=1S/C23H23N3O4/c1-16-8-9-18(13-20(16)26(28)29)23(27)24-14-21(22-7-4-12-30-22)25-11-10-17-5-2-3-6-19(17)15-25/h2-9,12-13,21H,10-11,14-15H2,1H3,(H,24,27)/p+1/t21-/m0/s1. The molecule has 2 heterocycles. The maximum Gasteiger partial charge on any atom is 0.273 e. The van der Waals surface area contributed by atoms with E-state index in [4.69, 9.17) is 4.42 Å². The number of nitrogens with zero attached hydrogens (tertiary/aromatic N) is 1. The second kappa shape index (κ2) is 8.51. The van der Waals surface area contributed by atoms with Crippen molar-refractivity contribution in [1.82, 2.24) is 5.32 Å². The fourth-order valence-corrected chi connectivity index (χ4v) is 4.08. The van der Waals surface area contributed by atoms with Crippen molar-refractivity contribution >= 4 is 11.6 Å². The number of nitrogens with one attached hydrogen (secondary N) is 2. The number of benzene rings is 2. The molecule has 2 N–H and O–H groups in total. The maximum absolute atomic E-state index is 12.7. The number of carbonyl (C=O) groups excluding carboxylic acids is 1. The molecule has 2 atom stereocenters. The highest BCUT2D eigenvalue weighted by molar-refractivity contribution is 5.95. The minimum absolute atomic E-state index is 0.0438. The predicted octanol–water partition coefficient (Wildman–Crippen LogP) is 2.61. The lowest BCUT2D eigenvalue weighted by atomic mass is 9.98. The number of quaternary nitrogens is 1. The van der Waals surface area contributed by atoms with Crippen LogP contribution in [-0.4, -0.2) is 23.9 Å². The first-order valence-corrected chi connectivity index (χ1v) is 10.0. The molecule has 7 nitrogen and oxygen atoms in total. The summed E-state index contributed by atoms with van der Waals surface area (Å²) in [4.78, 5) is 24.7. The minimum Gasteiger partial charge on any atom is -0.463 e. The largest absolute Gasteiger partial charge is 0.463 e. The lowest BCUT2D eigenvalue weighted by Gasteiger charge is -2.31. The Morgan fingerprint density at radius 2 is 2.00 bits per heavy atom. The Morgan fingerprint density at radius 1 is 1.20 bits per heavy atom. The van der Waals surface area contributed by atoms with E-state index < -0.39 is 4.92 Å². The highest BCUT2D eigenvalue weighted by atomic mass is 16.6. The van der Waals surface area contributed by atoms with E-state index in [1.54, 1.807) is 25.3 Å². The molecule has 0 aliphatic carbocycles. The Balaban J connectivity index is 1.51. The normalized spacial score (nSPS) is 16.5. The highest BCUT2D eigenvalue weighted by Crippen LogP contribution is 2.20. The van der Waals surface area contributed by atoms with Crippen molar-refractivity contribution < 1.29 is 19.0 Å². The molecule has 0 fully saturated rings. The Morgan fingerprint density at radius 3 is 2.73 bits per heavy atom. The highest BCUT2D eigenvalue weighted by Gasteiger charge is 2.30. The van der Waals surface area contributed by atoms with Crippen molar-refractivity contribution in [3.05, 3.63) is 99.0 Å². The second-order valence-corrected chi connectivity index (χ2v) is 7.64. The molecule has 4 rings (SSSR count). The van der Waals surface area contributed by atoms with E-state index in [2.05, 4.69) is 29.6 Å². The van der Waals surface area contributed by atoms with Crippen LogP contribution in [0.25, 0.3) is 0 Å². The van der Waals surface area contributed by atoms with Crippen LogP contribution in [0.15, 0.2) is 65.3 Å². The van der Waals surface area contributed by atoms with Gasteiger partial charge in [-0.05, 0) is 30.7 Å². The molecule has 1 aromatic heterocycles. The van der Waals surface area contributed by atoms with Gasteiger partial charge in [-0.1, -0.05) is 30.3 Å². The number of amides is 1. The summed E-state index contributed by atoms with van der Waals surface area (Å²) in [5.41, 5.74) is 3.45. The molecule has 1 aliphatic rings. The second-order valence-electron chi connectivity index (χ2n) is 7.64. The number of nitro benzene ring substituents is 1. The van der Waals surface area contributed by atoms with Gasteiger partial charge in [0.1, 0.15) is 6.54 Å². The SMILES string of the molecule is Cc1ccc(C(=O)NC[C@@H](c2ccco2)[NH+]2CCc3ccccc3C2)cc1[N+](=O)[O-]. The monoisotopic (exact) mass is 406 g/mol. The minimum atomic E-state index is -0.465. The maximum atomic E-state index is 12.7. The number of fused-ring (bicyclic) bond motifs is 1. The smallest absolute Gasteiger partial charge is 0.273 e. The summed E-state index contributed by atoms with van der Waals surface area (Å²) in [6.07, 6.45) is 2.62. The topological polar surface area (TPSA) is 89.8 Å². The lowest BCUT2D eigenvalue weighted by molar-refractivity contribution is -0.946. The average molecular weight is 406 g/mol. The van der Waals surface area contributed by atoms with Crippen LogP contribution in [0.5, 0.6) is 0 Å². The van der Waals surface area contributed by atoms with E-state index >= 15 is 0 Å². The zero-order chi connectivity index (χ0) is 21.1. The van der Waals surface area contributed by atoms with Gasteiger partial charge in [-0.25, -0.2) is 0 Å². The summed E-state index contributed by atoms with van der Waals surface area (Å²) >= 11 is 0. The Labute approximate surface area is 174 Å². The van der Waals surface area contributed by atoms with Crippen molar-refractivity contribution in [2.75, 3.05) is 13.1 Å². The summed E-state index contributed by atoms with van der Waals surface area (Å²) in [5, 5.41) is 14.1. The van der Waals surface area contributed by atoms with E-state index in [0.717, 1.165) is 25.3 Å². The number of rotatable bonds is 6. The number of furan rings is 1. The molecule has 0 radical (unpaired) electrons. The molecule has 1 amide bonds. The summed E-state index contributed by atoms with van der Waals surface area (Å²) in [5.74, 6) is 0.492. The number of hydrogen-bond acceptors (Lipinski definition) is 4. The van der Waals surface area contributed by atoms with Gasteiger partial charge in [-0.15, -0.1) is 0 Å². The van der Waals surface area contributed by atoms with Crippen LogP contribution in [0.2, 0.25) is 0 Å². The summed E-state index contributed by atoms with van der Waals surface area (Å²) in [6.45, 7) is 3.83. The zero-order valence-corrected chi connectivity index (χ0v) is 16.8. The average Bonchev–Trinajstić information content (AvgIpc) is 3.28. The van der Waals surface area contributed by atoms with E-state index in [0.29, 0.717) is 12.1 Å². The van der Waals surface area contributed by atoms with E-state index in [1.165, 1.54) is 22.1 Å². The van der Waals surface area contributed by atoms with E-state index in [-0.39, 0.29) is 23.2 Å². The molecule has 0 spiro atoms. The van der Waals surface area contributed by atoms with Crippen molar-refractivity contribution in [2.45, 2.75) is 25.9 Å². The van der Waals surface area contributed by atoms with Crippen molar-refractivity contribution in [1.29, 1.82) is 0 Å². The molecule has 0 bridgehead atoms. The third kappa shape index (κ3) is 4.11. The van der Waals surface area contributed by atoms with Gasteiger partial charge in [-0.2, -0.15) is 0 Å². The summed E-state index contributed by atoms with van der Waals surface area (Å²) < 4.78 is 5.68. The first kappa shape index (κ1) is 19.8. The molecule has 3 aromatic rings. The number of nitro groups is 1. The van der Waals surface area contributed by atoms with Crippen LogP contribution in [0.1, 0.15) is 38.9 Å². The molecule has 2 aromatic carbocycles. The number of carbonyl (C=O) groups is 1. The third-order valence-corrected chi connectivity index (χ3v) is 5.77. The van der Waals surface area contributed by atoms with E-state index in [9.17, 15) is 14.9 Å². The van der Waals surface area contributed by atoms with Gasteiger partial charge in [-0.3, -0.25) is 14.9 Å². The predicted molar refractivity (Wildman–Crippen MR) is 111 cm³/mol. The first-order valence-electron chi connectivity index (χ1n) is 10.0. The molecule has 30 heavy (non-hydrogen) atoms. The van der Waals surface area contributed by atoms with Crippen molar-refractivity contribution in [3.63, 3.8) is 0 Å². The number of aryl methyl sites for hydroxylation is 1. The Kier molecular flexibility index (Phi) is 5.63. The molecule has 0 saturated heterocycles. The molecule has 154 valence electrons.